The molecule has 0 atom stereocenters. The number of aromatic nitrogens is 1. The van der Waals surface area contributed by atoms with Crippen LogP contribution in [0, 0.1) is 5.41 Å². The van der Waals surface area contributed by atoms with E-state index in [4.69, 9.17) is 10.9 Å². The normalized spacial score (nSPS) is 12.2. The summed E-state index contributed by atoms with van der Waals surface area (Å²) in [6, 6.07) is 3.78. The molecule has 0 bridgehead atoms. The zero-order chi connectivity index (χ0) is 13.6. The molecule has 0 saturated carbocycles. The van der Waals surface area contributed by atoms with Gasteiger partial charge in [0.25, 0.3) is 0 Å². The Morgan fingerprint density at radius 2 is 2.11 bits per heavy atom. The average molecular weight is 250 g/mol. The molecular weight excluding hydrogens is 232 g/mol. The van der Waals surface area contributed by atoms with Gasteiger partial charge < -0.3 is 16.3 Å². The van der Waals surface area contributed by atoms with Gasteiger partial charge in [-0.15, -0.1) is 0 Å². The number of hydrogen-bond donors (Lipinski definition) is 3. The maximum Gasteiger partial charge on any atom is 0.233 e. The fourth-order valence-electron chi connectivity index (χ4n) is 1.33. The van der Waals surface area contributed by atoms with Crippen LogP contribution in [0.4, 0.5) is 0 Å². The Bertz CT molecular complexity index is 429. The molecule has 0 aliphatic heterocycles. The Kier molecular flexibility index (Phi) is 4.65. The van der Waals surface area contributed by atoms with Crippen LogP contribution in [0.1, 0.15) is 19.4 Å². The fraction of sp³-hybridized carbons (Fsp3) is 0.417. The predicted octanol–water partition coefficient (Wildman–Crippen LogP) is 0.513. The van der Waals surface area contributed by atoms with Gasteiger partial charge in [-0.05, 0) is 38.0 Å². The minimum atomic E-state index is -1.02. The predicted molar refractivity (Wildman–Crippen MR) is 68.1 cm³/mol. The highest BCUT2D eigenvalue weighted by Gasteiger charge is 2.32. The van der Waals surface area contributed by atoms with Gasteiger partial charge >= 0.3 is 0 Å². The van der Waals surface area contributed by atoms with Crippen LogP contribution < -0.4 is 11.1 Å². The van der Waals surface area contributed by atoms with Gasteiger partial charge in [0.1, 0.15) is 5.41 Å². The first-order valence-corrected chi connectivity index (χ1v) is 5.63. The molecule has 1 aromatic rings. The maximum absolute atomic E-state index is 11.9. The van der Waals surface area contributed by atoms with Crippen molar-refractivity contribution in [3.8, 4) is 0 Å². The van der Waals surface area contributed by atoms with Gasteiger partial charge in [0.05, 0.1) is 0 Å². The van der Waals surface area contributed by atoms with E-state index in [-0.39, 0.29) is 11.7 Å². The summed E-state index contributed by atoms with van der Waals surface area (Å²) in [5, 5.41) is 14.2. The molecule has 4 N–H and O–H groups in total. The van der Waals surface area contributed by atoms with Gasteiger partial charge in [0.15, 0.2) is 5.84 Å². The minimum absolute atomic E-state index is 0.107. The SMILES string of the molecule is CC(C)(C(=O)NCCc1ccncc1)C(N)=NO. The smallest absolute Gasteiger partial charge is 0.233 e. The van der Waals surface area contributed by atoms with Crippen molar-refractivity contribution in [3.05, 3.63) is 30.1 Å². The van der Waals surface area contributed by atoms with Crippen molar-refractivity contribution >= 4 is 11.7 Å². The van der Waals surface area contributed by atoms with Crippen LogP contribution in [0.5, 0.6) is 0 Å². The van der Waals surface area contributed by atoms with Crippen molar-refractivity contribution in [2.75, 3.05) is 6.54 Å². The Balaban J connectivity index is 2.47. The fourth-order valence-corrected chi connectivity index (χ4v) is 1.33. The zero-order valence-corrected chi connectivity index (χ0v) is 10.6. The monoisotopic (exact) mass is 250 g/mol. The molecule has 18 heavy (non-hydrogen) atoms. The van der Waals surface area contributed by atoms with E-state index in [1.54, 1.807) is 26.2 Å². The molecule has 6 nitrogen and oxygen atoms in total. The van der Waals surface area contributed by atoms with Crippen LogP contribution in [0.15, 0.2) is 29.7 Å². The average Bonchev–Trinajstić information content (AvgIpc) is 2.38. The van der Waals surface area contributed by atoms with Crippen LogP contribution in [-0.2, 0) is 11.2 Å². The van der Waals surface area contributed by atoms with Crippen LogP contribution >= 0.6 is 0 Å². The van der Waals surface area contributed by atoms with Crippen molar-refractivity contribution in [3.63, 3.8) is 0 Å². The molecule has 1 aromatic heterocycles. The Morgan fingerprint density at radius 3 is 2.67 bits per heavy atom. The number of nitrogens with zero attached hydrogens (tertiary/aromatic N) is 2. The summed E-state index contributed by atoms with van der Waals surface area (Å²) in [7, 11) is 0. The molecule has 0 aliphatic rings. The first-order chi connectivity index (χ1) is 8.48. The second kappa shape index (κ2) is 6.00. The topological polar surface area (TPSA) is 101 Å². The lowest BCUT2D eigenvalue weighted by molar-refractivity contribution is -0.126. The van der Waals surface area contributed by atoms with Gasteiger partial charge in [0.2, 0.25) is 5.91 Å². The highest BCUT2D eigenvalue weighted by molar-refractivity contribution is 6.05. The lowest BCUT2D eigenvalue weighted by Gasteiger charge is -2.21. The molecule has 0 aliphatic carbocycles. The van der Waals surface area contributed by atoms with E-state index in [0.717, 1.165) is 5.56 Å². The number of amides is 1. The molecule has 0 unspecified atom stereocenters. The Morgan fingerprint density at radius 1 is 1.50 bits per heavy atom. The van der Waals surface area contributed by atoms with Gasteiger partial charge in [0, 0.05) is 18.9 Å². The third kappa shape index (κ3) is 3.44. The van der Waals surface area contributed by atoms with Crippen molar-refractivity contribution in [1.29, 1.82) is 0 Å². The summed E-state index contributed by atoms with van der Waals surface area (Å²) in [4.78, 5) is 15.8. The molecule has 0 fully saturated rings. The molecule has 98 valence electrons. The molecular formula is C12H18N4O2. The number of rotatable bonds is 5. The van der Waals surface area contributed by atoms with Crippen molar-refractivity contribution in [1.82, 2.24) is 10.3 Å². The number of nitrogens with two attached hydrogens (primary N) is 1. The van der Waals surface area contributed by atoms with E-state index in [1.165, 1.54) is 0 Å². The number of carbonyl (C=O) groups is 1. The number of nitrogens with one attached hydrogen (secondary N) is 1. The molecule has 0 saturated heterocycles. The van der Waals surface area contributed by atoms with Gasteiger partial charge in [-0.2, -0.15) is 0 Å². The molecule has 0 aromatic carbocycles. The third-order valence-electron chi connectivity index (χ3n) is 2.76. The number of hydrogen-bond acceptors (Lipinski definition) is 4. The van der Waals surface area contributed by atoms with E-state index in [9.17, 15) is 4.79 Å². The summed E-state index contributed by atoms with van der Waals surface area (Å²) in [6.45, 7) is 3.69. The van der Waals surface area contributed by atoms with E-state index in [2.05, 4.69) is 15.5 Å². The largest absolute Gasteiger partial charge is 0.409 e. The first-order valence-electron chi connectivity index (χ1n) is 5.63. The number of carbonyl (C=O) groups excluding carboxylic acids is 1. The molecule has 6 heteroatoms. The van der Waals surface area contributed by atoms with Crippen molar-refractivity contribution < 1.29 is 10.0 Å². The molecule has 1 amide bonds. The van der Waals surface area contributed by atoms with Gasteiger partial charge in [-0.3, -0.25) is 9.78 Å². The standard InChI is InChI=1S/C12H18N4O2/c1-12(2,10(13)16-18)11(17)15-8-5-9-3-6-14-7-4-9/h3-4,6-7,18H,5,8H2,1-2H3,(H2,13,16)(H,15,17). The maximum atomic E-state index is 11.9. The van der Waals surface area contributed by atoms with E-state index < -0.39 is 5.41 Å². The van der Waals surface area contributed by atoms with E-state index >= 15 is 0 Å². The number of pyridine rings is 1. The second-order valence-electron chi connectivity index (χ2n) is 4.47. The van der Waals surface area contributed by atoms with Crippen LogP contribution in [0.2, 0.25) is 0 Å². The summed E-state index contributed by atoms with van der Waals surface area (Å²) in [6.07, 6.45) is 4.12. The number of oxime groups is 1. The lowest BCUT2D eigenvalue weighted by Crippen LogP contribution is -2.46. The second-order valence-corrected chi connectivity index (χ2v) is 4.47. The molecule has 0 radical (unpaired) electrons. The van der Waals surface area contributed by atoms with Crippen LogP contribution in [0.25, 0.3) is 0 Å². The summed E-state index contributed by atoms with van der Waals surface area (Å²) < 4.78 is 0. The molecule has 0 spiro atoms. The summed E-state index contributed by atoms with van der Waals surface area (Å²) in [5.74, 6) is -0.379. The minimum Gasteiger partial charge on any atom is -0.409 e. The van der Waals surface area contributed by atoms with Crippen molar-refractivity contribution in [2.24, 2.45) is 16.3 Å². The summed E-state index contributed by atoms with van der Waals surface area (Å²) >= 11 is 0. The van der Waals surface area contributed by atoms with E-state index in [1.807, 2.05) is 12.1 Å². The zero-order valence-electron chi connectivity index (χ0n) is 10.6. The van der Waals surface area contributed by atoms with Crippen LogP contribution in [-0.4, -0.2) is 28.5 Å². The lowest BCUT2D eigenvalue weighted by atomic mass is 9.91. The van der Waals surface area contributed by atoms with E-state index in [0.29, 0.717) is 13.0 Å². The molecule has 1 heterocycles. The quantitative estimate of drug-likeness (QED) is 0.307. The molecule has 1 rings (SSSR count). The first kappa shape index (κ1) is 14.0. The van der Waals surface area contributed by atoms with Crippen LogP contribution in [0.3, 0.4) is 0 Å². The highest BCUT2D eigenvalue weighted by Crippen LogP contribution is 2.14. The van der Waals surface area contributed by atoms with Crippen molar-refractivity contribution in [2.45, 2.75) is 20.3 Å². The van der Waals surface area contributed by atoms with Gasteiger partial charge in [-0.25, -0.2) is 0 Å². The third-order valence-corrected chi connectivity index (χ3v) is 2.76. The van der Waals surface area contributed by atoms with Gasteiger partial charge in [-0.1, -0.05) is 5.16 Å². The Labute approximate surface area is 106 Å². The summed E-state index contributed by atoms with van der Waals surface area (Å²) in [5.41, 5.74) is 5.53. The number of amidine groups is 1. The Hall–Kier alpha value is -2.11. The highest BCUT2D eigenvalue weighted by atomic mass is 16.4.